The molecule has 0 aliphatic carbocycles. The molecule has 0 unspecified atom stereocenters. The molecule has 1 heterocycles. The van der Waals surface area contributed by atoms with Gasteiger partial charge in [0, 0.05) is 0 Å². The van der Waals surface area contributed by atoms with Crippen molar-refractivity contribution in [2.75, 3.05) is 43.6 Å². The maximum Gasteiger partial charge on any atom is 0.348 e. The van der Waals surface area contributed by atoms with E-state index in [4.69, 9.17) is 18.9 Å². The van der Waals surface area contributed by atoms with Gasteiger partial charge in [-0.2, -0.15) is 0 Å². The molecule has 38 heavy (non-hydrogen) atoms. The molecule has 1 aliphatic rings. The van der Waals surface area contributed by atoms with E-state index in [-0.39, 0.29) is 22.9 Å². The van der Waals surface area contributed by atoms with Crippen LogP contribution in [-0.2, 0) is 24.3 Å². The van der Waals surface area contributed by atoms with Crippen molar-refractivity contribution in [1.82, 2.24) is 0 Å². The minimum Gasteiger partial charge on any atom is -0.497 e. The largest absolute Gasteiger partial charge is 0.497 e. The minimum atomic E-state index is -4.29. The maximum absolute atomic E-state index is 14.0. The summed E-state index contributed by atoms with van der Waals surface area (Å²) in [5.41, 5.74) is 1.36. The Labute approximate surface area is 221 Å². The number of benzene rings is 3. The van der Waals surface area contributed by atoms with Gasteiger partial charge in [-0.05, 0) is 61.0 Å². The number of fused-ring (bicyclic) bond motifs is 1. The zero-order valence-electron chi connectivity index (χ0n) is 21.4. The number of carbonyl (C=O) groups excluding carboxylic acids is 2. The number of carbonyl (C=O) groups is 2. The molecule has 4 rings (SSSR count). The molecule has 10 nitrogen and oxygen atoms in total. The number of amides is 1. The van der Waals surface area contributed by atoms with E-state index in [1.54, 1.807) is 67.6 Å². The first-order valence-corrected chi connectivity index (χ1v) is 13.1. The van der Waals surface area contributed by atoms with Crippen molar-refractivity contribution in [3.8, 4) is 17.2 Å². The van der Waals surface area contributed by atoms with E-state index in [9.17, 15) is 18.0 Å². The van der Waals surface area contributed by atoms with Crippen LogP contribution in [0.15, 0.2) is 71.6 Å². The van der Waals surface area contributed by atoms with Gasteiger partial charge in [0.1, 0.15) is 28.7 Å². The number of rotatable bonds is 8. The predicted octanol–water partition coefficient (Wildman–Crippen LogP) is 3.17. The topological polar surface area (TPSA) is 112 Å². The molecule has 0 bridgehead atoms. The fourth-order valence-electron chi connectivity index (χ4n) is 4.10. The van der Waals surface area contributed by atoms with Crippen molar-refractivity contribution < 1.29 is 37.0 Å². The van der Waals surface area contributed by atoms with Crippen LogP contribution in [0.3, 0.4) is 0 Å². The van der Waals surface area contributed by atoms with Crippen LogP contribution in [0.25, 0.3) is 0 Å². The fourth-order valence-corrected chi connectivity index (χ4v) is 5.76. The van der Waals surface area contributed by atoms with Crippen LogP contribution < -0.4 is 23.4 Å². The third kappa shape index (κ3) is 5.23. The van der Waals surface area contributed by atoms with Crippen LogP contribution in [0.4, 0.5) is 11.4 Å². The Morgan fingerprint density at radius 3 is 2.37 bits per heavy atom. The summed E-state index contributed by atoms with van der Waals surface area (Å²) < 4.78 is 50.2. The number of para-hydroxylation sites is 2. The van der Waals surface area contributed by atoms with E-state index in [1.165, 1.54) is 32.3 Å². The second-order valence-electron chi connectivity index (χ2n) is 8.47. The molecule has 1 aliphatic heterocycles. The SMILES string of the molecule is COC(=O)[C@@H]1CN(C(=O)CN(c2ccc(OC)cc2)S(=O)(=O)c2cc(C)ccc2OC)c2ccccc2O1. The third-order valence-electron chi connectivity index (χ3n) is 6.07. The van der Waals surface area contributed by atoms with Crippen molar-refractivity contribution in [3.05, 3.63) is 72.3 Å². The van der Waals surface area contributed by atoms with Gasteiger partial charge in [-0.3, -0.25) is 9.10 Å². The number of ether oxygens (including phenoxy) is 4. The Bertz CT molecular complexity index is 1440. The Morgan fingerprint density at radius 2 is 1.71 bits per heavy atom. The molecule has 0 saturated heterocycles. The summed E-state index contributed by atoms with van der Waals surface area (Å²) in [7, 11) is -0.182. The van der Waals surface area contributed by atoms with Crippen LogP contribution in [0.1, 0.15) is 5.56 Å². The number of hydrogen-bond acceptors (Lipinski definition) is 8. The molecule has 3 aromatic carbocycles. The van der Waals surface area contributed by atoms with Crippen molar-refractivity contribution in [3.63, 3.8) is 0 Å². The number of sulfonamides is 1. The van der Waals surface area contributed by atoms with E-state index >= 15 is 0 Å². The Kier molecular flexibility index (Phi) is 7.77. The lowest BCUT2D eigenvalue weighted by Crippen LogP contribution is -2.51. The second kappa shape index (κ2) is 11.0. The first kappa shape index (κ1) is 26.8. The van der Waals surface area contributed by atoms with E-state index < -0.39 is 34.5 Å². The van der Waals surface area contributed by atoms with Gasteiger partial charge < -0.3 is 23.8 Å². The molecular formula is C27H28N2O8S. The maximum atomic E-state index is 14.0. The van der Waals surface area contributed by atoms with Crippen LogP contribution in [0.5, 0.6) is 17.2 Å². The van der Waals surface area contributed by atoms with Crippen LogP contribution in [0.2, 0.25) is 0 Å². The molecule has 0 aromatic heterocycles. The zero-order valence-corrected chi connectivity index (χ0v) is 22.2. The summed E-state index contributed by atoms with van der Waals surface area (Å²) in [6.45, 7) is 1.06. The Hall–Kier alpha value is -4.25. The fraction of sp³-hybridized carbons (Fsp3) is 0.259. The first-order valence-electron chi connectivity index (χ1n) is 11.6. The molecule has 1 amide bonds. The second-order valence-corrected chi connectivity index (χ2v) is 10.3. The lowest BCUT2D eigenvalue weighted by Gasteiger charge is -2.35. The smallest absolute Gasteiger partial charge is 0.348 e. The number of nitrogens with zero attached hydrogens (tertiary/aromatic N) is 2. The van der Waals surface area contributed by atoms with E-state index in [1.807, 2.05) is 0 Å². The van der Waals surface area contributed by atoms with Gasteiger partial charge in [-0.1, -0.05) is 18.2 Å². The third-order valence-corrected chi connectivity index (χ3v) is 7.86. The standard InChI is InChI=1S/C27H28N2O8S/c1-18-9-14-23(35-3)25(15-18)38(32,33)29(19-10-12-20(34-2)13-11-19)17-26(30)28-16-24(27(31)36-4)37-22-8-6-5-7-21(22)28/h5-15,24H,16-17H2,1-4H3/t24-/m0/s1. The van der Waals surface area contributed by atoms with Crippen LogP contribution in [0, 0.1) is 6.92 Å². The van der Waals surface area contributed by atoms with Crippen molar-refractivity contribution in [2.45, 2.75) is 17.9 Å². The average Bonchev–Trinajstić information content (AvgIpc) is 2.94. The number of methoxy groups -OCH3 is 3. The summed E-state index contributed by atoms with van der Waals surface area (Å²) >= 11 is 0. The van der Waals surface area contributed by atoms with Gasteiger partial charge in [0.25, 0.3) is 10.0 Å². The lowest BCUT2D eigenvalue weighted by atomic mass is 10.2. The van der Waals surface area contributed by atoms with E-state index in [0.29, 0.717) is 22.7 Å². The molecule has 0 radical (unpaired) electrons. The lowest BCUT2D eigenvalue weighted by molar-refractivity contribution is -0.148. The van der Waals surface area contributed by atoms with E-state index in [2.05, 4.69) is 0 Å². The summed E-state index contributed by atoms with van der Waals surface area (Å²) in [5.74, 6) is -0.249. The van der Waals surface area contributed by atoms with Crippen molar-refractivity contribution >= 4 is 33.3 Å². The van der Waals surface area contributed by atoms with Gasteiger partial charge in [-0.25, -0.2) is 13.2 Å². The predicted molar refractivity (Wildman–Crippen MR) is 140 cm³/mol. The summed E-state index contributed by atoms with van der Waals surface area (Å²) in [6.07, 6.45) is -1.07. The highest BCUT2D eigenvalue weighted by atomic mass is 32.2. The van der Waals surface area contributed by atoms with E-state index in [0.717, 1.165) is 4.31 Å². The summed E-state index contributed by atoms with van der Waals surface area (Å²) in [6, 6.07) is 17.8. The molecule has 1 atom stereocenters. The van der Waals surface area contributed by atoms with Crippen LogP contribution >= 0.6 is 0 Å². The highest BCUT2D eigenvalue weighted by Gasteiger charge is 2.37. The Balaban J connectivity index is 1.78. The number of esters is 1. The molecule has 0 saturated carbocycles. The normalized spacial score (nSPS) is 14.6. The molecule has 0 fully saturated rings. The number of anilines is 2. The molecular weight excluding hydrogens is 512 g/mol. The highest BCUT2D eigenvalue weighted by molar-refractivity contribution is 7.93. The quantitative estimate of drug-likeness (QED) is 0.401. The Morgan fingerprint density at radius 1 is 1.00 bits per heavy atom. The van der Waals surface area contributed by atoms with Crippen molar-refractivity contribution in [2.24, 2.45) is 0 Å². The molecule has 0 spiro atoms. The van der Waals surface area contributed by atoms with Crippen molar-refractivity contribution in [1.29, 1.82) is 0 Å². The molecule has 3 aromatic rings. The molecule has 0 N–H and O–H groups in total. The van der Waals surface area contributed by atoms with Gasteiger partial charge in [-0.15, -0.1) is 0 Å². The average molecular weight is 541 g/mol. The number of aryl methyl sites for hydroxylation is 1. The molecule has 11 heteroatoms. The summed E-state index contributed by atoms with van der Waals surface area (Å²) in [4.78, 5) is 27.3. The minimum absolute atomic E-state index is 0.0848. The van der Waals surface area contributed by atoms with Crippen LogP contribution in [-0.4, -0.2) is 60.8 Å². The monoisotopic (exact) mass is 540 g/mol. The van der Waals surface area contributed by atoms with Gasteiger partial charge in [0.15, 0.2) is 0 Å². The van der Waals surface area contributed by atoms with Gasteiger partial charge in [0.2, 0.25) is 12.0 Å². The number of hydrogen-bond donors (Lipinski definition) is 0. The summed E-state index contributed by atoms with van der Waals surface area (Å²) in [5, 5.41) is 0. The zero-order chi connectivity index (χ0) is 27.4. The van der Waals surface area contributed by atoms with Gasteiger partial charge in [0.05, 0.1) is 39.2 Å². The molecule has 200 valence electrons. The van der Waals surface area contributed by atoms with Gasteiger partial charge >= 0.3 is 5.97 Å². The first-order chi connectivity index (χ1) is 18.2. The highest BCUT2D eigenvalue weighted by Crippen LogP contribution is 2.35.